The van der Waals surface area contributed by atoms with Gasteiger partial charge in [-0.1, -0.05) is 19.4 Å². The van der Waals surface area contributed by atoms with Crippen LogP contribution in [0.2, 0.25) is 0 Å². The van der Waals surface area contributed by atoms with Crippen LogP contribution in [-0.2, 0) is 9.59 Å². The fraction of sp³-hybridized carbons (Fsp3) is 0.800. The van der Waals surface area contributed by atoms with Gasteiger partial charge in [-0.2, -0.15) is 0 Å². The van der Waals surface area contributed by atoms with Crippen LogP contribution in [0, 0.1) is 46.3 Å². The Morgan fingerprint density at radius 1 is 1.09 bits per heavy atom. The molecule has 0 aromatic carbocycles. The highest BCUT2D eigenvalue weighted by molar-refractivity contribution is 6.03. The Bertz CT molecular complexity index is 593. The van der Waals surface area contributed by atoms with Crippen molar-refractivity contribution in [3.05, 3.63) is 12.7 Å². The molecule has 0 aromatic heterocycles. The lowest BCUT2D eigenvalue weighted by Gasteiger charge is -2.60. The molecular formula is C20H26O2. The molecule has 6 aliphatic rings. The second kappa shape index (κ2) is 3.94. The van der Waals surface area contributed by atoms with Gasteiger partial charge in [0.15, 0.2) is 0 Å². The van der Waals surface area contributed by atoms with Gasteiger partial charge in [0.2, 0.25) is 0 Å². The lowest BCUT2D eigenvalue weighted by atomic mass is 9.41. The molecule has 0 radical (unpaired) electrons. The summed E-state index contributed by atoms with van der Waals surface area (Å²) in [5.74, 6) is 3.09. The lowest BCUT2D eigenvalue weighted by molar-refractivity contribution is -0.169. The van der Waals surface area contributed by atoms with E-state index in [0.717, 1.165) is 38.5 Å². The van der Waals surface area contributed by atoms with Gasteiger partial charge in [-0.05, 0) is 62.2 Å². The summed E-state index contributed by atoms with van der Waals surface area (Å²) >= 11 is 0. The van der Waals surface area contributed by atoms with E-state index in [0.29, 0.717) is 35.2 Å². The van der Waals surface area contributed by atoms with Gasteiger partial charge in [-0.25, -0.2) is 0 Å². The molecule has 8 atom stereocenters. The molecule has 0 N–H and O–H groups in total. The van der Waals surface area contributed by atoms with Crippen LogP contribution in [0.3, 0.4) is 0 Å². The average Bonchev–Trinajstić information content (AvgIpc) is 2.66. The highest BCUT2D eigenvalue weighted by atomic mass is 16.1. The maximum atomic E-state index is 13.5. The average molecular weight is 298 g/mol. The van der Waals surface area contributed by atoms with Gasteiger partial charge < -0.3 is 0 Å². The number of hydrogen-bond acceptors (Lipinski definition) is 2. The predicted molar refractivity (Wildman–Crippen MR) is 84.0 cm³/mol. The zero-order valence-electron chi connectivity index (χ0n) is 13.5. The molecule has 6 saturated carbocycles. The second-order valence-electron chi connectivity index (χ2n) is 8.87. The first-order chi connectivity index (χ1) is 10.6. The Labute approximate surface area is 132 Å². The van der Waals surface area contributed by atoms with Gasteiger partial charge in [0.05, 0.1) is 0 Å². The van der Waals surface area contributed by atoms with Crippen molar-refractivity contribution in [2.24, 2.45) is 46.3 Å². The minimum Gasteiger partial charge on any atom is -0.299 e. The molecule has 2 heteroatoms. The number of hydrogen-bond donors (Lipinski definition) is 0. The Hall–Kier alpha value is -0.920. The summed E-state index contributed by atoms with van der Waals surface area (Å²) in [7, 11) is 0. The maximum absolute atomic E-state index is 13.5. The highest BCUT2D eigenvalue weighted by Crippen LogP contribution is 2.77. The normalized spacial score (nSPS) is 58.6. The van der Waals surface area contributed by atoms with E-state index in [1.807, 2.05) is 0 Å². The number of fused-ring (bicyclic) bond motifs is 1. The zero-order chi connectivity index (χ0) is 15.3. The third kappa shape index (κ3) is 1.14. The van der Waals surface area contributed by atoms with Crippen molar-refractivity contribution in [3.63, 3.8) is 0 Å². The molecule has 0 amide bonds. The van der Waals surface area contributed by atoms with Gasteiger partial charge >= 0.3 is 0 Å². The zero-order valence-corrected chi connectivity index (χ0v) is 13.5. The van der Waals surface area contributed by atoms with Crippen LogP contribution in [0.25, 0.3) is 0 Å². The molecule has 22 heavy (non-hydrogen) atoms. The topological polar surface area (TPSA) is 34.1 Å². The van der Waals surface area contributed by atoms with Crippen LogP contribution in [0.4, 0.5) is 0 Å². The number of allylic oxidation sites excluding steroid dienone is 1. The lowest BCUT2D eigenvalue weighted by Crippen LogP contribution is -2.60. The van der Waals surface area contributed by atoms with E-state index in [2.05, 4.69) is 19.6 Å². The fourth-order valence-electron chi connectivity index (χ4n) is 8.02. The van der Waals surface area contributed by atoms with Gasteiger partial charge in [0, 0.05) is 22.7 Å². The molecule has 2 spiro atoms. The first kappa shape index (κ1) is 13.5. The molecule has 0 aromatic rings. The van der Waals surface area contributed by atoms with E-state index in [4.69, 9.17) is 0 Å². The smallest absolute Gasteiger partial charge is 0.143 e. The van der Waals surface area contributed by atoms with Crippen molar-refractivity contribution in [2.75, 3.05) is 0 Å². The summed E-state index contributed by atoms with van der Waals surface area (Å²) in [4.78, 5) is 26.7. The monoisotopic (exact) mass is 298 g/mol. The third-order valence-corrected chi connectivity index (χ3v) is 8.78. The number of carbonyl (C=O) groups is 2. The quantitative estimate of drug-likeness (QED) is 0.690. The number of rotatable bonds is 1. The van der Waals surface area contributed by atoms with Crippen LogP contribution in [-0.4, -0.2) is 11.6 Å². The predicted octanol–water partition coefficient (Wildman–Crippen LogP) is 3.80. The van der Waals surface area contributed by atoms with Crippen molar-refractivity contribution in [1.29, 1.82) is 0 Å². The minimum absolute atomic E-state index is 0.0773. The first-order valence-corrected chi connectivity index (χ1v) is 9.28. The molecule has 118 valence electrons. The molecule has 0 saturated heterocycles. The number of Topliss-reactive ketones (excluding diaryl/α,β-unsaturated/α-hetero) is 2. The summed E-state index contributed by atoms with van der Waals surface area (Å²) in [6.07, 6.45) is 9.73. The van der Waals surface area contributed by atoms with Gasteiger partial charge in [0.1, 0.15) is 11.6 Å². The molecule has 0 aliphatic heterocycles. The van der Waals surface area contributed by atoms with Crippen molar-refractivity contribution >= 4 is 11.6 Å². The van der Waals surface area contributed by atoms with E-state index in [1.165, 1.54) is 6.42 Å². The van der Waals surface area contributed by atoms with Crippen LogP contribution in [0.15, 0.2) is 12.7 Å². The van der Waals surface area contributed by atoms with E-state index < -0.39 is 0 Å². The van der Waals surface area contributed by atoms with Crippen LogP contribution < -0.4 is 0 Å². The van der Waals surface area contributed by atoms with Crippen molar-refractivity contribution in [2.45, 2.75) is 51.9 Å². The van der Waals surface area contributed by atoms with Crippen LogP contribution in [0.1, 0.15) is 51.9 Å². The van der Waals surface area contributed by atoms with Crippen molar-refractivity contribution in [3.8, 4) is 0 Å². The Morgan fingerprint density at radius 2 is 1.91 bits per heavy atom. The van der Waals surface area contributed by atoms with Gasteiger partial charge in [-0.15, -0.1) is 6.58 Å². The second-order valence-corrected chi connectivity index (χ2v) is 8.87. The summed E-state index contributed by atoms with van der Waals surface area (Å²) in [6, 6.07) is 0. The molecule has 6 fully saturated rings. The largest absolute Gasteiger partial charge is 0.299 e. The Kier molecular flexibility index (Phi) is 2.42. The number of carbonyl (C=O) groups excluding carboxylic acids is 2. The summed E-state index contributed by atoms with van der Waals surface area (Å²) in [5, 5.41) is 0. The summed E-state index contributed by atoms with van der Waals surface area (Å²) in [5.41, 5.74) is -0.393. The number of ketones is 2. The van der Waals surface area contributed by atoms with E-state index in [-0.39, 0.29) is 22.7 Å². The third-order valence-electron chi connectivity index (χ3n) is 8.78. The molecular weight excluding hydrogens is 272 g/mol. The Morgan fingerprint density at radius 3 is 2.68 bits per heavy atom. The van der Waals surface area contributed by atoms with Gasteiger partial charge in [-0.3, -0.25) is 9.59 Å². The minimum atomic E-state index is -0.245. The van der Waals surface area contributed by atoms with Crippen LogP contribution in [0.5, 0.6) is 0 Å². The molecule has 5 unspecified atom stereocenters. The molecule has 5 bridgehead atoms. The molecule has 2 nitrogen and oxygen atoms in total. The molecule has 6 rings (SSSR count). The first-order valence-electron chi connectivity index (χ1n) is 9.28. The van der Waals surface area contributed by atoms with Gasteiger partial charge in [0.25, 0.3) is 0 Å². The maximum Gasteiger partial charge on any atom is 0.143 e. The summed E-state index contributed by atoms with van der Waals surface area (Å²) < 4.78 is 0. The summed E-state index contributed by atoms with van der Waals surface area (Å²) in [6.45, 7) is 6.19. The van der Waals surface area contributed by atoms with Crippen molar-refractivity contribution in [1.82, 2.24) is 0 Å². The van der Waals surface area contributed by atoms with E-state index >= 15 is 0 Å². The van der Waals surface area contributed by atoms with Crippen molar-refractivity contribution < 1.29 is 9.59 Å². The van der Waals surface area contributed by atoms with E-state index in [9.17, 15) is 9.59 Å². The highest BCUT2D eigenvalue weighted by Gasteiger charge is 2.79. The molecule has 0 heterocycles. The van der Waals surface area contributed by atoms with Crippen LogP contribution >= 0.6 is 0 Å². The molecule has 6 aliphatic carbocycles. The standard InChI is InChI=1S/C20H26O2/c1-3-12-5-4-7-19-14(12)6-8-20-15(18(19)22)9-13(10-16(19)20)11(2)17(20)21/h3,11-16H,1,4-10H2,2H3/t11-,12?,13?,14+,15?,16?,19?,20+/m0/s1. The Balaban J connectivity index is 1.71. The SMILES string of the molecule is C=CC1CCCC23C(=O)C4CC5CC2[C@]4(CC[C@H]13)C(=O)[C@H]5C. The van der Waals surface area contributed by atoms with E-state index in [1.54, 1.807) is 0 Å². The fourth-order valence-corrected chi connectivity index (χ4v) is 8.02.